The molecule has 14 heteroatoms. The van der Waals surface area contributed by atoms with E-state index in [1.165, 1.54) is 13.8 Å². The van der Waals surface area contributed by atoms with Crippen LogP contribution in [0, 0.1) is 28.1 Å². The van der Waals surface area contributed by atoms with E-state index in [2.05, 4.69) is 36.2 Å². The van der Waals surface area contributed by atoms with E-state index in [0.29, 0.717) is 56.7 Å². The molecule has 0 aliphatic rings. The molecule has 0 saturated heterocycles. The molecule has 8 aromatic rings. The molecule has 2 atom stereocenters. The number of nitriles is 2. The Labute approximate surface area is 404 Å². The maximum atomic E-state index is 14.0. The SMILES string of the molecule is CC(C#N)(CCC(=O)O)N=NC(C)(C#N)CC(Cc1ccc(-c2cc(-c3ccccn3)nc(-c3ccccn3)c2)cc1)(Cc1ccc(-c2cc(-c3ccccn3)nc(-c3ccccn3)c2)cc1)C(=O)O. The molecule has 70 heavy (non-hydrogen) atoms. The number of carboxylic acid groups (broad SMARTS) is 2. The molecule has 0 bridgehead atoms. The van der Waals surface area contributed by atoms with Gasteiger partial charge in [-0.15, -0.1) is 0 Å². The number of azo groups is 1. The van der Waals surface area contributed by atoms with Crippen LogP contribution in [0.2, 0.25) is 0 Å². The van der Waals surface area contributed by atoms with Gasteiger partial charge in [-0.25, -0.2) is 9.97 Å². The van der Waals surface area contributed by atoms with Crippen LogP contribution in [0.1, 0.15) is 44.2 Å². The standard InChI is InChI=1S/C56H46N10O4/c1-54(36-57,24-23-52(67)68)65-66-55(2,37-58)35-56(53(69)70,33-38-15-19-40(20-16-38)42-29-48(44-11-3-7-25-59-44)63-49(30-42)45-12-4-8-26-60-45)34-39-17-21-41(22-18-39)43-31-50(46-13-5-9-27-61-46)64-51(32-43)47-14-6-10-28-62-47/h3-22,25-32H,23-24,33-35H2,1-2H3,(H,67,68)(H,69,70). The predicted octanol–water partition coefficient (Wildman–Crippen LogP) is 11.2. The molecule has 0 amide bonds. The van der Waals surface area contributed by atoms with Crippen molar-refractivity contribution in [3.63, 3.8) is 0 Å². The topological polar surface area (TPSA) is 224 Å². The van der Waals surface area contributed by atoms with Crippen molar-refractivity contribution in [2.45, 2.75) is 57.0 Å². The van der Waals surface area contributed by atoms with Crippen molar-refractivity contribution >= 4 is 11.9 Å². The lowest BCUT2D eigenvalue weighted by Gasteiger charge is -2.34. The molecule has 14 nitrogen and oxygen atoms in total. The van der Waals surface area contributed by atoms with E-state index in [1.54, 1.807) is 24.8 Å². The molecule has 0 spiro atoms. The highest BCUT2D eigenvalue weighted by Crippen LogP contribution is 2.40. The largest absolute Gasteiger partial charge is 0.481 e. The molecule has 2 N–H and O–H groups in total. The second kappa shape index (κ2) is 20.8. The fourth-order valence-electron chi connectivity index (χ4n) is 8.26. The van der Waals surface area contributed by atoms with Gasteiger partial charge in [0.2, 0.25) is 0 Å². The summed E-state index contributed by atoms with van der Waals surface area (Å²) in [5, 5.41) is 50.0. The first-order valence-electron chi connectivity index (χ1n) is 22.5. The van der Waals surface area contributed by atoms with Gasteiger partial charge in [-0.05, 0) is 139 Å². The highest BCUT2D eigenvalue weighted by Gasteiger charge is 2.46. The molecule has 0 saturated carbocycles. The number of carboxylic acids is 2. The number of pyridine rings is 6. The number of nitrogens with zero attached hydrogens (tertiary/aromatic N) is 10. The Hall–Kier alpha value is -9.14. The van der Waals surface area contributed by atoms with Crippen molar-refractivity contribution in [1.29, 1.82) is 10.5 Å². The number of aliphatic carboxylic acids is 2. The van der Waals surface area contributed by atoms with Crippen molar-refractivity contribution in [3.8, 4) is 79.9 Å². The van der Waals surface area contributed by atoms with Gasteiger partial charge in [0.15, 0.2) is 11.1 Å². The zero-order valence-electron chi connectivity index (χ0n) is 38.4. The lowest BCUT2D eigenvalue weighted by atomic mass is 9.69. The van der Waals surface area contributed by atoms with Gasteiger partial charge in [0.05, 0.1) is 63.1 Å². The maximum Gasteiger partial charge on any atom is 0.310 e. The smallest absolute Gasteiger partial charge is 0.310 e. The van der Waals surface area contributed by atoms with E-state index in [1.807, 2.05) is 152 Å². The van der Waals surface area contributed by atoms with Crippen LogP contribution in [0.25, 0.3) is 67.8 Å². The third kappa shape index (κ3) is 11.3. The Morgan fingerprint density at radius 1 is 0.500 bits per heavy atom. The molecule has 6 heterocycles. The number of hydrogen-bond acceptors (Lipinski definition) is 12. The number of rotatable bonds is 18. The van der Waals surface area contributed by atoms with Crippen LogP contribution in [-0.2, 0) is 22.4 Å². The quantitative estimate of drug-likeness (QED) is 0.0767. The summed E-state index contributed by atoms with van der Waals surface area (Å²) in [6.07, 6.45) is 6.03. The highest BCUT2D eigenvalue weighted by molar-refractivity contribution is 5.78. The lowest BCUT2D eigenvalue weighted by Crippen LogP contribution is -2.42. The maximum absolute atomic E-state index is 14.0. The zero-order valence-corrected chi connectivity index (χ0v) is 38.4. The molecule has 0 aliphatic heterocycles. The first kappa shape index (κ1) is 47.4. The summed E-state index contributed by atoms with van der Waals surface area (Å²) in [5.74, 6) is -2.27. The molecule has 2 aromatic carbocycles. The second-order valence-electron chi connectivity index (χ2n) is 17.5. The number of carbonyl (C=O) groups is 2. The third-order valence-electron chi connectivity index (χ3n) is 12.0. The minimum absolute atomic E-state index is 0.00830. The molecule has 0 fully saturated rings. The molecule has 6 aromatic heterocycles. The van der Waals surface area contributed by atoms with Crippen LogP contribution in [0.5, 0.6) is 0 Å². The third-order valence-corrected chi connectivity index (χ3v) is 12.0. The van der Waals surface area contributed by atoms with Crippen molar-refractivity contribution in [2.75, 3.05) is 0 Å². The fraction of sp³-hybridized carbons (Fsp3) is 0.179. The predicted molar refractivity (Wildman–Crippen MR) is 264 cm³/mol. The Balaban J connectivity index is 1.16. The van der Waals surface area contributed by atoms with Gasteiger partial charge in [-0.3, -0.25) is 29.5 Å². The van der Waals surface area contributed by atoms with Gasteiger partial charge in [-0.2, -0.15) is 20.8 Å². The van der Waals surface area contributed by atoms with E-state index in [9.17, 15) is 30.3 Å². The minimum Gasteiger partial charge on any atom is -0.481 e. The summed E-state index contributed by atoms with van der Waals surface area (Å²) in [6, 6.07) is 49.7. The monoisotopic (exact) mass is 922 g/mol. The summed E-state index contributed by atoms with van der Waals surface area (Å²) >= 11 is 0. The molecular weight excluding hydrogens is 877 g/mol. The van der Waals surface area contributed by atoms with E-state index in [-0.39, 0.29) is 32.1 Å². The van der Waals surface area contributed by atoms with Crippen LogP contribution in [0.3, 0.4) is 0 Å². The average molecular weight is 923 g/mol. The van der Waals surface area contributed by atoms with E-state index < -0.39 is 28.4 Å². The van der Waals surface area contributed by atoms with Crippen LogP contribution >= 0.6 is 0 Å². The normalized spacial score (nSPS) is 13.1. The van der Waals surface area contributed by atoms with Crippen LogP contribution < -0.4 is 0 Å². The van der Waals surface area contributed by atoms with Gasteiger partial charge in [0.1, 0.15) is 0 Å². The molecule has 2 unspecified atom stereocenters. The number of benzene rings is 2. The van der Waals surface area contributed by atoms with Crippen molar-refractivity contribution in [1.82, 2.24) is 29.9 Å². The van der Waals surface area contributed by atoms with Crippen molar-refractivity contribution in [2.24, 2.45) is 15.6 Å². The first-order chi connectivity index (χ1) is 33.8. The van der Waals surface area contributed by atoms with Gasteiger partial charge >= 0.3 is 11.9 Å². The molecule has 8 rings (SSSR count). The Morgan fingerprint density at radius 3 is 1.16 bits per heavy atom. The summed E-state index contributed by atoms with van der Waals surface area (Å²) in [7, 11) is 0. The van der Waals surface area contributed by atoms with Crippen molar-refractivity contribution < 1.29 is 19.8 Å². The zero-order chi connectivity index (χ0) is 49.1. The van der Waals surface area contributed by atoms with Gasteiger partial charge in [-0.1, -0.05) is 72.8 Å². The fourth-order valence-corrected chi connectivity index (χ4v) is 8.26. The Bertz CT molecular complexity index is 2950. The Morgan fingerprint density at radius 2 is 0.857 bits per heavy atom. The van der Waals surface area contributed by atoms with Gasteiger partial charge < -0.3 is 10.2 Å². The van der Waals surface area contributed by atoms with Crippen LogP contribution in [-0.4, -0.2) is 63.1 Å². The molecule has 344 valence electrons. The van der Waals surface area contributed by atoms with Crippen molar-refractivity contribution in [3.05, 3.63) is 182 Å². The van der Waals surface area contributed by atoms with E-state index in [0.717, 1.165) is 22.3 Å². The molecular formula is C56H46N10O4. The lowest BCUT2D eigenvalue weighted by molar-refractivity contribution is -0.150. The van der Waals surface area contributed by atoms with Gasteiger partial charge in [0.25, 0.3) is 0 Å². The second-order valence-corrected chi connectivity index (χ2v) is 17.5. The summed E-state index contributed by atoms with van der Waals surface area (Å²) in [6.45, 7) is 2.92. The minimum atomic E-state index is -1.73. The number of aromatic nitrogens is 6. The van der Waals surface area contributed by atoms with Crippen LogP contribution in [0.15, 0.2) is 181 Å². The van der Waals surface area contributed by atoms with E-state index in [4.69, 9.17) is 9.97 Å². The molecule has 0 radical (unpaired) electrons. The van der Waals surface area contributed by atoms with Gasteiger partial charge in [0, 0.05) is 37.6 Å². The molecule has 0 aliphatic carbocycles. The van der Waals surface area contributed by atoms with E-state index >= 15 is 0 Å². The first-order valence-corrected chi connectivity index (χ1v) is 22.5. The highest BCUT2D eigenvalue weighted by atomic mass is 16.4. The van der Waals surface area contributed by atoms with Crippen LogP contribution in [0.4, 0.5) is 0 Å². The number of hydrogen-bond donors (Lipinski definition) is 2. The summed E-state index contributed by atoms with van der Waals surface area (Å²) < 4.78 is 0. The average Bonchev–Trinajstić information content (AvgIpc) is 3.41. The summed E-state index contributed by atoms with van der Waals surface area (Å²) in [5.41, 5.74) is 5.23. The summed E-state index contributed by atoms with van der Waals surface area (Å²) in [4.78, 5) is 53.3. The Kier molecular flexibility index (Phi) is 14.1.